The van der Waals surface area contributed by atoms with Crippen LogP contribution in [0.1, 0.15) is 38.5 Å². The quantitative estimate of drug-likeness (QED) is 0.752. The van der Waals surface area contributed by atoms with Crippen molar-refractivity contribution >= 4 is 17.3 Å². The van der Waals surface area contributed by atoms with Crippen molar-refractivity contribution in [3.05, 3.63) is 0 Å². The van der Waals surface area contributed by atoms with Crippen molar-refractivity contribution in [1.82, 2.24) is 10.6 Å². The maximum atomic E-state index is 12.8. The standard InChI is InChI=1S/C11H17F3N2S/c12-11(13,14)8-3-1-2-4-9(8)16-10(17)15-7-5-6-7/h7-9H,1-6H2,(H2,15,16,17)/t8-,9-/m1/s1. The SMILES string of the molecule is FC(F)(F)[C@@H]1CCCC[C@H]1NC(=S)NC1CC1. The van der Waals surface area contributed by atoms with E-state index >= 15 is 0 Å². The summed E-state index contributed by atoms with van der Waals surface area (Å²) in [5, 5.41) is 6.26. The first-order chi connectivity index (χ1) is 7.97. The lowest BCUT2D eigenvalue weighted by atomic mass is 9.84. The highest BCUT2D eigenvalue weighted by molar-refractivity contribution is 7.80. The van der Waals surface area contributed by atoms with E-state index in [4.69, 9.17) is 12.2 Å². The van der Waals surface area contributed by atoms with Gasteiger partial charge >= 0.3 is 6.18 Å². The van der Waals surface area contributed by atoms with Crippen molar-refractivity contribution in [3.8, 4) is 0 Å². The van der Waals surface area contributed by atoms with Crippen LogP contribution < -0.4 is 10.6 Å². The minimum atomic E-state index is -4.12. The molecule has 0 aromatic carbocycles. The third-order valence-electron chi connectivity index (χ3n) is 3.42. The molecule has 2 atom stereocenters. The van der Waals surface area contributed by atoms with Crippen LogP contribution in [0, 0.1) is 5.92 Å². The molecule has 2 saturated carbocycles. The maximum Gasteiger partial charge on any atom is 0.393 e. The topological polar surface area (TPSA) is 24.1 Å². The summed E-state index contributed by atoms with van der Waals surface area (Å²) in [6, 6.07) is -0.176. The van der Waals surface area contributed by atoms with Crippen LogP contribution in [-0.2, 0) is 0 Å². The van der Waals surface area contributed by atoms with Gasteiger partial charge in [0.15, 0.2) is 5.11 Å². The number of alkyl halides is 3. The average molecular weight is 266 g/mol. The Morgan fingerprint density at radius 2 is 1.65 bits per heavy atom. The molecule has 2 aliphatic rings. The fourth-order valence-electron chi connectivity index (χ4n) is 2.32. The van der Waals surface area contributed by atoms with E-state index in [1.54, 1.807) is 0 Å². The van der Waals surface area contributed by atoms with Gasteiger partial charge in [-0.2, -0.15) is 13.2 Å². The highest BCUT2D eigenvalue weighted by Gasteiger charge is 2.45. The van der Waals surface area contributed by atoms with Crippen LogP contribution >= 0.6 is 12.2 Å². The van der Waals surface area contributed by atoms with Gasteiger partial charge in [-0.3, -0.25) is 0 Å². The minimum Gasteiger partial charge on any atom is -0.360 e. The second kappa shape index (κ2) is 5.00. The molecule has 0 aliphatic heterocycles. The molecule has 2 rings (SSSR count). The first kappa shape index (κ1) is 12.9. The predicted octanol–water partition coefficient (Wildman–Crippen LogP) is 2.73. The summed E-state index contributed by atoms with van der Waals surface area (Å²) in [7, 11) is 0. The Labute approximate surface area is 104 Å². The zero-order valence-corrected chi connectivity index (χ0v) is 10.3. The highest BCUT2D eigenvalue weighted by Crippen LogP contribution is 2.37. The summed E-state index contributed by atoms with van der Waals surface area (Å²) in [6.45, 7) is 0. The molecule has 2 fully saturated rings. The molecule has 2 N–H and O–H groups in total. The zero-order valence-electron chi connectivity index (χ0n) is 9.52. The minimum absolute atomic E-state index is 0.215. The molecule has 0 spiro atoms. The molecule has 6 heteroatoms. The molecule has 0 amide bonds. The van der Waals surface area contributed by atoms with Gasteiger partial charge in [-0.1, -0.05) is 12.8 Å². The molecule has 2 nitrogen and oxygen atoms in total. The Balaban J connectivity index is 1.88. The van der Waals surface area contributed by atoms with E-state index in [1.807, 2.05) is 0 Å². The summed E-state index contributed by atoms with van der Waals surface area (Å²) in [4.78, 5) is 0. The third kappa shape index (κ3) is 3.72. The fraction of sp³-hybridized carbons (Fsp3) is 0.909. The van der Waals surface area contributed by atoms with Crippen LogP contribution in [-0.4, -0.2) is 23.4 Å². The van der Waals surface area contributed by atoms with Gasteiger partial charge in [0.1, 0.15) is 0 Å². The number of rotatable bonds is 2. The lowest BCUT2D eigenvalue weighted by Gasteiger charge is -2.34. The molecule has 0 radical (unpaired) electrons. The monoisotopic (exact) mass is 266 g/mol. The molecule has 98 valence electrons. The van der Waals surface area contributed by atoms with Gasteiger partial charge in [0.05, 0.1) is 5.92 Å². The first-order valence-corrected chi connectivity index (χ1v) is 6.51. The molecule has 0 aromatic heterocycles. The summed E-state index contributed by atoms with van der Waals surface area (Å²) < 4.78 is 38.4. The Kier molecular flexibility index (Phi) is 3.80. The van der Waals surface area contributed by atoms with E-state index in [1.165, 1.54) is 0 Å². The van der Waals surface area contributed by atoms with Gasteiger partial charge in [0, 0.05) is 12.1 Å². The predicted molar refractivity (Wildman–Crippen MR) is 63.7 cm³/mol. The highest BCUT2D eigenvalue weighted by atomic mass is 32.1. The molecule has 17 heavy (non-hydrogen) atoms. The van der Waals surface area contributed by atoms with E-state index in [9.17, 15) is 13.2 Å². The smallest absolute Gasteiger partial charge is 0.360 e. The normalized spacial score (nSPS) is 29.8. The molecular weight excluding hydrogens is 249 g/mol. The summed E-state index contributed by atoms with van der Waals surface area (Å²) >= 11 is 5.04. The summed E-state index contributed by atoms with van der Waals surface area (Å²) in [5.74, 6) is -1.25. The number of hydrogen-bond acceptors (Lipinski definition) is 1. The Morgan fingerprint density at radius 1 is 1.00 bits per heavy atom. The summed E-state index contributed by atoms with van der Waals surface area (Å²) in [5.41, 5.74) is 0. The van der Waals surface area contributed by atoms with E-state index in [-0.39, 0.29) is 6.42 Å². The van der Waals surface area contributed by atoms with Crippen molar-refractivity contribution in [2.75, 3.05) is 0 Å². The van der Waals surface area contributed by atoms with Crippen LogP contribution in [0.3, 0.4) is 0 Å². The number of halogens is 3. The maximum absolute atomic E-state index is 12.8. The van der Waals surface area contributed by atoms with Gasteiger partial charge in [-0.05, 0) is 37.9 Å². The molecule has 0 heterocycles. The second-order valence-corrected chi connectivity index (χ2v) is 5.34. The van der Waals surface area contributed by atoms with Crippen molar-refractivity contribution in [3.63, 3.8) is 0 Å². The van der Waals surface area contributed by atoms with Crippen LogP contribution in [0.25, 0.3) is 0 Å². The summed E-state index contributed by atoms with van der Waals surface area (Å²) in [6.07, 6.45) is 0.281. The molecule has 0 bridgehead atoms. The van der Waals surface area contributed by atoms with Crippen molar-refractivity contribution < 1.29 is 13.2 Å². The molecule has 0 saturated heterocycles. The molecule has 0 unspecified atom stereocenters. The van der Waals surface area contributed by atoms with Crippen LogP contribution in [0.15, 0.2) is 0 Å². The van der Waals surface area contributed by atoms with Gasteiger partial charge < -0.3 is 10.6 Å². The third-order valence-corrected chi connectivity index (χ3v) is 3.65. The van der Waals surface area contributed by atoms with E-state index in [0.717, 1.165) is 19.3 Å². The average Bonchev–Trinajstić information content (AvgIpc) is 3.00. The van der Waals surface area contributed by atoms with Crippen LogP contribution in [0.5, 0.6) is 0 Å². The van der Waals surface area contributed by atoms with Gasteiger partial charge in [0.25, 0.3) is 0 Å². The number of nitrogens with one attached hydrogen (secondary N) is 2. The zero-order chi connectivity index (χ0) is 12.5. The van der Waals surface area contributed by atoms with Gasteiger partial charge in [-0.15, -0.1) is 0 Å². The van der Waals surface area contributed by atoms with Crippen molar-refractivity contribution in [2.45, 2.75) is 56.8 Å². The lowest BCUT2D eigenvalue weighted by Crippen LogP contribution is -2.50. The number of thiocarbonyl (C=S) groups is 1. The van der Waals surface area contributed by atoms with Crippen LogP contribution in [0.2, 0.25) is 0 Å². The van der Waals surface area contributed by atoms with E-state index in [2.05, 4.69) is 10.6 Å². The Morgan fingerprint density at radius 3 is 2.24 bits per heavy atom. The largest absolute Gasteiger partial charge is 0.393 e. The van der Waals surface area contributed by atoms with Crippen LogP contribution in [0.4, 0.5) is 13.2 Å². The van der Waals surface area contributed by atoms with Crippen molar-refractivity contribution in [1.29, 1.82) is 0 Å². The van der Waals surface area contributed by atoms with Gasteiger partial charge in [-0.25, -0.2) is 0 Å². The van der Waals surface area contributed by atoms with E-state index < -0.39 is 18.1 Å². The first-order valence-electron chi connectivity index (χ1n) is 6.10. The Bertz CT molecular complexity index is 289. The molecular formula is C11H17F3N2S. The molecule has 0 aromatic rings. The molecule has 2 aliphatic carbocycles. The van der Waals surface area contributed by atoms with Crippen molar-refractivity contribution in [2.24, 2.45) is 5.92 Å². The lowest BCUT2D eigenvalue weighted by molar-refractivity contribution is -0.187. The second-order valence-electron chi connectivity index (χ2n) is 4.93. The van der Waals surface area contributed by atoms with Gasteiger partial charge in [0.2, 0.25) is 0 Å². The van der Waals surface area contributed by atoms with E-state index in [0.29, 0.717) is 24.0 Å². The fourth-order valence-corrected chi connectivity index (χ4v) is 2.64. The Hall–Kier alpha value is -0.520. The number of hydrogen-bond donors (Lipinski definition) is 2.